The number of nitrogens with zero attached hydrogens (tertiary/aromatic N) is 1. The van der Waals surface area contributed by atoms with Crippen LogP contribution in [0.5, 0.6) is 0 Å². The molecule has 0 amide bonds. The first-order valence-electron chi connectivity index (χ1n) is 5.01. The fourth-order valence-corrected chi connectivity index (χ4v) is 1.62. The molecule has 0 spiro atoms. The number of aromatic amines is 1. The lowest BCUT2D eigenvalue weighted by molar-refractivity contribution is -0.137. The normalized spacial score (nSPS) is 11.6. The van der Waals surface area contributed by atoms with Crippen LogP contribution in [0.4, 0.5) is 24.8 Å². The number of H-pyrrole nitrogens is 1. The van der Waals surface area contributed by atoms with Crippen LogP contribution in [0.1, 0.15) is 11.3 Å². The molecule has 2 N–H and O–H groups in total. The first-order chi connectivity index (χ1) is 8.36. The number of hydrogen-bond acceptors (Lipinski definition) is 2. The summed E-state index contributed by atoms with van der Waals surface area (Å²) < 4.78 is 37.3. The predicted molar refractivity (Wildman–Crippen MR) is 63.1 cm³/mol. The Labute approximate surface area is 106 Å². The summed E-state index contributed by atoms with van der Waals surface area (Å²) in [5.74, 6) is 0.425. The van der Waals surface area contributed by atoms with Crippen molar-refractivity contribution >= 4 is 23.2 Å². The Morgan fingerprint density at radius 3 is 2.56 bits per heavy atom. The monoisotopic (exact) mass is 275 g/mol. The summed E-state index contributed by atoms with van der Waals surface area (Å²) in [6.07, 6.45) is -2.80. The van der Waals surface area contributed by atoms with Gasteiger partial charge in [-0.15, -0.1) is 0 Å². The molecule has 18 heavy (non-hydrogen) atoms. The highest BCUT2D eigenvalue weighted by atomic mass is 35.5. The van der Waals surface area contributed by atoms with Crippen molar-refractivity contribution in [3.8, 4) is 0 Å². The molecule has 0 unspecified atom stereocenters. The van der Waals surface area contributed by atoms with Crippen molar-refractivity contribution in [2.45, 2.75) is 13.1 Å². The summed E-state index contributed by atoms with van der Waals surface area (Å²) in [4.78, 5) is 6.87. The van der Waals surface area contributed by atoms with Crippen LogP contribution in [0.2, 0.25) is 5.02 Å². The molecule has 0 radical (unpaired) electrons. The number of imidazole rings is 1. The van der Waals surface area contributed by atoms with E-state index < -0.39 is 11.7 Å². The molecule has 0 atom stereocenters. The zero-order valence-corrected chi connectivity index (χ0v) is 10.0. The van der Waals surface area contributed by atoms with Gasteiger partial charge in [-0.1, -0.05) is 11.6 Å². The molecule has 2 aromatic rings. The number of aryl methyl sites for hydroxylation is 1. The number of anilines is 2. The van der Waals surface area contributed by atoms with Crippen molar-refractivity contribution in [2.75, 3.05) is 5.32 Å². The van der Waals surface area contributed by atoms with Crippen LogP contribution < -0.4 is 5.32 Å². The van der Waals surface area contributed by atoms with Crippen LogP contribution >= 0.6 is 11.6 Å². The van der Waals surface area contributed by atoms with Crippen LogP contribution in [-0.2, 0) is 6.18 Å². The smallest absolute Gasteiger partial charge is 0.328 e. The molecular weight excluding hydrogens is 267 g/mol. The Morgan fingerprint density at radius 1 is 1.33 bits per heavy atom. The van der Waals surface area contributed by atoms with Gasteiger partial charge in [0.15, 0.2) is 0 Å². The zero-order valence-electron chi connectivity index (χ0n) is 9.27. The summed E-state index contributed by atoms with van der Waals surface area (Å²) in [6.45, 7) is 1.81. The fraction of sp³-hybridized carbons (Fsp3) is 0.182. The molecule has 2 rings (SSSR count). The Kier molecular flexibility index (Phi) is 3.21. The van der Waals surface area contributed by atoms with Crippen LogP contribution in [0, 0.1) is 6.92 Å². The van der Waals surface area contributed by atoms with Crippen molar-refractivity contribution in [3.63, 3.8) is 0 Å². The molecular formula is C11H9ClF3N3. The highest BCUT2D eigenvalue weighted by molar-refractivity contribution is 6.33. The van der Waals surface area contributed by atoms with Crippen molar-refractivity contribution in [1.82, 2.24) is 9.97 Å². The Bertz CT molecular complexity index is 563. The molecule has 0 aliphatic carbocycles. The summed E-state index contributed by atoms with van der Waals surface area (Å²) >= 11 is 5.79. The van der Waals surface area contributed by atoms with Gasteiger partial charge in [-0.05, 0) is 25.1 Å². The third-order valence-corrected chi connectivity index (χ3v) is 2.57. The lowest BCUT2D eigenvalue weighted by Gasteiger charge is -2.10. The van der Waals surface area contributed by atoms with E-state index in [2.05, 4.69) is 15.3 Å². The summed E-state index contributed by atoms with van der Waals surface area (Å²) in [5, 5.41) is 2.79. The molecule has 0 bridgehead atoms. The predicted octanol–water partition coefficient (Wildman–Crippen LogP) is 4.13. The van der Waals surface area contributed by atoms with E-state index in [9.17, 15) is 13.2 Å². The van der Waals surface area contributed by atoms with Gasteiger partial charge in [-0.3, -0.25) is 0 Å². The molecule has 96 valence electrons. The summed E-state index contributed by atoms with van der Waals surface area (Å²) in [5.41, 5.74) is 0.410. The number of halogens is 4. The first-order valence-corrected chi connectivity index (χ1v) is 5.39. The molecule has 3 nitrogen and oxygen atoms in total. The third kappa shape index (κ3) is 2.76. The van der Waals surface area contributed by atoms with Gasteiger partial charge < -0.3 is 10.3 Å². The second kappa shape index (κ2) is 4.53. The first kappa shape index (κ1) is 12.8. The molecule has 1 aromatic heterocycles. The standard InChI is InChI=1S/C11H9ClF3N3/c1-6-5-16-10(17-6)18-9-3-2-7(4-8(9)12)11(13,14)15/h2-5H,1H3,(H2,16,17,18). The van der Waals surface area contributed by atoms with E-state index in [0.717, 1.165) is 17.8 Å². The zero-order chi connectivity index (χ0) is 13.3. The Hall–Kier alpha value is -1.69. The molecule has 0 fully saturated rings. The van der Waals surface area contributed by atoms with Gasteiger partial charge in [0, 0.05) is 11.9 Å². The van der Waals surface area contributed by atoms with Gasteiger partial charge >= 0.3 is 6.18 Å². The summed E-state index contributed by atoms with van der Waals surface area (Å²) in [6, 6.07) is 3.10. The third-order valence-electron chi connectivity index (χ3n) is 2.25. The van der Waals surface area contributed by atoms with Crippen LogP contribution in [0.25, 0.3) is 0 Å². The maximum Gasteiger partial charge on any atom is 0.416 e. The highest BCUT2D eigenvalue weighted by Gasteiger charge is 2.30. The summed E-state index contributed by atoms with van der Waals surface area (Å²) in [7, 11) is 0. The minimum Gasteiger partial charge on any atom is -0.328 e. The lowest BCUT2D eigenvalue weighted by atomic mass is 10.2. The molecule has 0 saturated heterocycles. The van der Waals surface area contributed by atoms with E-state index in [1.54, 1.807) is 6.20 Å². The van der Waals surface area contributed by atoms with Crippen LogP contribution in [-0.4, -0.2) is 9.97 Å². The second-order valence-corrected chi connectivity index (χ2v) is 4.14. The van der Waals surface area contributed by atoms with E-state index in [1.165, 1.54) is 6.07 Å². The maximum atomic E-state index is 12.4. The van der Waals surface area contributed by atoms with E-state index in [1.807, 2.05) is 6.92 Å². The van der Waals surface area contributed by atoms with E-state index in [-0.39, 0.29) is 5.02 Å². The van der Waals surface area contributed by atoms with Gasteiger partial charge in [0.1, 0.15) is 0 Å². The van der Waals surface area contributed by atoms with E-state index in [4.69, 9.17) is 11.6 Å². The number of nitrogens with one attached hydrogen (secondary N) is 2. The average molecular weight is 276 g/mol. The highest BCUT2D eigenvalue weighted by Crippen LogP contribution is 2.34. The number of rotatable bonds is 2. The lowest BCUT2D eigenvalue weighted by Crippen LogP contribution is -2.05. The molecule has 0 aliphatic rings. The van der Waals surface area contributed by atoms with Crippen molar-refractivity contribution < 1.29 is 13.2 Å². The van der Waals surface area contributed by atoms with Gasteiger partial charge in [-0.2, -0.15) is 13.2 Å². The van der Waals surface area contributed by atoms with Gasteiger partial charge in [0.2, 0.25) is 5.95 Å². The van der Waals surface area contributed by atoms with Gasteiger partial charge in [0.05, 0.1) is 16.3 Å². The van der Waals surface area contributed by atoms with Crippen LogP contribution in [0.15, 0.2) is 24.4 Å². The Balaban J connectivity index is 2.25. The number of aromatic nitrogens is 2. The van der Waals surface area contributed by atoms with Gasteiger partial charge in [-0.25, -0.2) is 4.98 Å². The second-order valence-electron chi connectivity index (χ2n) is 3.73. The molecule has 1 aromatic carbocycles. The van der Waals surface area contributed by atoms with Crippen molar-refractivity contribution in [2.24, 2.45) is 0 Å². The SMILES string of the molecule is Cc1cnc(Nc2ccc(C(F)(F)F)cc2Cl)[nH]1. The Morgan fingerprint density at radius 2 is 2.06 bits per heavy atom. The minimum atomic E-state index is -4.40. The number of alkyl halides is 3. The molecule has 1 heterocycles. The number of benzene rings is 1. The topological polar surface area (TPSA) is 40.7 Å². The molecule has 7 heteroatoms. The quantitative estimate of drug-likeness (QED) is 0.865. The maximum absolute atomic E-state index is 12.4. The number of hydrogen-bond donors (Lipinski definition) is 2. The molecule has 0 saturated carbocycles. The van der Waals surface area contributed by atoms with E-state index >= 15 is 0 Å². The van der Waals surface area contributed by atoms with Crippen LogP contribution in [0.3, 0.4) is 0 Å². The van der Waals surface area contributed by atoms with Crippen molar-refractivity contribution in [3.05, 3.63) is 40.7 Å². The van der Waals surface area contributed by atoms with Gasteiger partial charge in [0.25, 0.3) is 0 Å². The van der Waals surface area contributed by atoms with E-state index in [0.29, 0.717) is 11.6 Å². The molecule has 0 aliphatic heterocycles. The minimum absolute atomic E-state index is 0.0149. The average Bonchev–Trinajstić information content (AvgIpc) is 2.65. The fourth-order valence-electron chi connectivity index (χ4n) is 1.40. The van der Waals surface area contributed by atoms with Crippen molar-refractivity contribution in [1.29, 1.82) is 0 Å². The largest absolute Gasteiger partial charge is 0.416 e.